The Labute approximate surface area is 143 Å². The van der Waals surface area contributed by atoms with E-state index in [0.29, 0.717) is 16.4 Å². The highest BCUT2D eigenvalue weighted by Crippen LogP contribution is 2.13. The topological polar surface area (TPSA) is 107 Å². The molecule has 0 bridgehead atoms. The number of hydrogen-bond acceptors (Lipinski definition) is 4. The van der Waals surface area contributed by atoms with Gasteiger partial charge in [-0.05, 0) is 36.4 Å². The second-order valence-electron chi connectivity index (χ2n) is 5.06. The number of nitrogens with two attached hydrogens (primary N) is 1. The Bertz CT molecular complexity index is 1010. The van der Waals surface area contributed by atoms with Crippen LogP contribution in [0.3, 0.4) is 0 Å². The number of imidazole rings is 1. The third-order valence-electron chi connectivity index (χ3n) is 3.36. The molecule has 3 N–H and O–H groups in total. The number of benzene rings is 1. The smallest absolute Gasteiger partial charge is 0.248 e. The second-order valence-corrected chi connectivity index (χ2v) is 7.26. The van der Waals surface area contributed by atoms with Crippen molar-refractivity contribution >= 4 is 33.2 Å². The zero-order chi connectivity index (χ0) is 17.3. The number of primary amides is 1. The standard InChI is InChI=1S/C15H13ClN4O3S/c16-11-3-6-14-19-12(9-20(14)8-11)7-18-24(22,23)13-4-1-10(2-5-13)15(17)21/h1-6,8-9,18H,7H2,(H2,17,21). The fraction of sp³-hybridized carbons (Fsp3) is 0.0667. The van der Waals surface area contributed by atoms with E-state index >= 15 is 0 Å². The number of nitrogens with zero attached hydrogens (tertiary/aromatic N) is 2. The highest BCUT2D eigenvalue weighted by atomic mass is 35.5. The molecule has 24 heavy (non-hydrogen) atoms. The summed E-state index contributed by atoms with van der Waals surface area (Å²) in [5.74, 6) is -0.615. The lowest BCUT2D eigenvalue weighted by Gasteiger charge is -2.05. The van der Waals surface area contributed by atoms with Gasteiger partial charge in [0, 0.05) is 18.0 Å². The van der Waals surface area contributed by atoms with Gasteiger partial charge in [-0.1, -0.05) is 11.6 Å². The maximum atomic E-state index is 12.3. The molecule has 0 atom stereocenters. The van der Waals surface area contributed by atoms with Crippen LogP contribution in [-0.4, -0.2) is 23.7 Å². The Morgan fingerprint density at radius 3 is 2.54 bits per heavy atom. The van der Waals surface area contributed by atoms with Crippen LogP contribution in [0.5, 0.6) is 0 Å². The van der Waals surface area contributed by atoms with E-state index in [-0.39, 0.29) is 17.0 Å². The first-order valence-corrected chi connectivity index (χ1v) is 8.74. The van der Waals surface area contributed by atoms with Crippen LogP contribution in [-0.2, 0) is 16.6 Å². The van der Waals surface area contributed by atoms with Gasteiger partial charge in [-0.2, -0.15) is 0 Å². The van der Waals surface area contributed by atoms with Crippen LogP contribution in [0.4, 0.5) is 0 Å². The molecule has 3 rings (SSSR count). The molecule has 0 saturated heterocycles. The van der Waals surface area contributed by atoms with E-state index in [1.165, 1.54) is 24.3 Å². The number of carbonyl (C=O) groups is 1. The van der Waals surface area contributed by atoms with E-state index in [1.54, 1.807) is 28.9 Å². The van der Waals surface area contributed by atoms with E-state index < -0.39 is 15.9 Å². The molecule has 1 amide bonds. The number of rotatable bonds is 5. The molecule has 0 aliphatic heterocycles. The molecule has 2 heterocycles. The van der Waals surface area contributed by atoms with Crippen molar-refractivity contribution in [2.45, 2.75) is 11.4 Å². The summed E-state index contributed by atoms with van der Waals surface area (Å²) in [6, 6.07) is 8.83. The molecular formula is C15H13ClN4O3S. The summed E-state index contributed by atoms with van der Waals surface area (Å²) in [6.07, 6.45) is 3.38. The van der Waals surface area contributed by atoms with Crippen molar-refractivity contribution in [3.05, 3.63) is 65.1 Å². The Morgan fingerprint density at radius 2 is 1.88 bits per heavy atom. The molecular weight excluding hydrogens is 352 g/mol. The Balaban J connectivity index is 1.77. The fourth-order valence-corrected chi connectivity index (χ4v) is 3.32. The molecule has 9 heteroatoms. The quantitative estimate of drug-likeness (QED) is 0.716. The van der Waals surface area contributed by atoms with Crippen LogP contribution in [0.25, 0.3) is 5.65 Å². The van der Waals surface area contributed by atoms with Crippen molar-refractivity contribution < 1.29 is 13.2 Å². The molecule has 0 radical (unpaired) electrons. The molecule has 0 unspecified atom stereocenters. The minimum absolute atomic E-state index is 0.0270. The van der Waals surface area contributed by atoms with Crippen molar-refractivity contribution in [3.8, 4) is 0 Å². The normalized spacial score (nSPS) is 11.7. The Hall–Kier alpha value is -2.42. The molecule has 0 fully saturated rings. The zero-order valence-corrected chi connectivity index (χ0v) is 13.9. The number of aromatic nitrogens is 2. The highest BCUT2D eigenvalue weighted by molar-refractivity contribution is 7.89. The third kappa shape index (κ3) is 3.40. The van der Waals surface area contributed by atoms with E-state index in [4.69, 9.17) is 17.3 Å². The lowest BCUT2D eigenvalue weighted by molar-refractivity contribution is 0.1000. The minimum atomic E-state index is -3.72. The number of amides is 1. The van der Waals surface area contributed by atoms with Crippen LogP contribution in [0.1, 0.15) is 16.1 Å². The van der Waals surface area contributed by atoms with E-state index in [2.05, 4.69) is 9.71 Å². The summed E-state index contributed by atoms with van der Waals surface area (Å²) in [7, 11) is -3.72. The molecule has 1 aromatic carbocycles. The predicted molar refractivity (Wildman–Crippen MR) is 89.2 cm³/mol. The van der Waals surface area contributed by atoms with Gasteiger partial charge >= 0.3 is 0 Å². The minimum Gasteiger partial charge on any atom is -0.366 e. The third-order valence-corrected chi connectivity index (χ3v) is 5.00. The average molecular weight is 365 g/mol. The number of hydrogen-bond donors (Lipinski definition) is 2. The fourth-order valence-electron chi connectivity index (χ4n) is 2.15. The van der Waals surface area contributed by atoms with E-state index in [1.807, 2.05) is 0 Å². The maximum absolute atomic E-state index is 12.3. The summed E-state index contributed by atoms with van der Waals surface area (Å²) in [4.78, 5) is 15.4. The summed E-state index contributed by atoms with van der Waals surface area (Å²) >= 11 is 5.90. The van der Waals surface area contributed by atoms with Gasteiger partial charge in [-0.25, -0.2) is 18.1 Å². The van der Waals surface area contributed by atoms with Crippen molar-refractivity contribution in [1.29, 1.82) is 0 Å². The number of halogens is 1. The summed E-state index contributed by atoms with van der Waals surface area (Å²) in [6.45, 7) is 0.0270. The molecule has 0 saturated carbocycles. The van der Waals surface area contributed by atoms with Crippen molar-refractivity contribution in [2.75, 3.05) is 0 Å². The first kappa shape index (κ1) is 16.4. The van der Waals surface area contributed by atoms with Crippen LogP contribution >= 0.6 is 11.6 Å². The van der Waals surface area contributed by atoms with E-state index in [0.717, 1.165) is 0 Å². The van der Waals surface area contributed by atoms with Crippen molar-refractivity contribution in [1.82, 2.24) is 14.1 Å². The van der Waals surface area contributed by atoms with E-state index in [9.17, 15) is 13.2 Å². The second kappa shape index (κ2) is 6.23. The first-order valence-electron chi connectivity index (χ1n) is 6.88. The summed E-state index contributed by atoms with van der Waals surface area (Å²) in [5.41, 5.74) is 6.59. The van der Waals surface area contributed by atoms with Gasteiger partial charge in [0.05, 0.1) is 22.2 Å². The van der Waals surface area contributed by atoms with Crippen LogP contribution in [0.2, 0.25) is 5.02 Å². The predicted octanol–water partition coefficient (Wildman–Crippen LogP) is 1.57. The highest BCUT2D eigenvalue weighted by Gasteiger charge is 2.15. The van der Waals surface area contributed by atoms with Crippen LogP contribution in [0.15, 0.2) is 53.7 Å². The molecule has 0 spiro atoms. The van der Waals surface area contributed by atoms with Gasteiger partial charge in [0.2, 0.25) is 15.9 Å². The lowest BCUT2D eigenvalue weighted by atomic mass is 10.2. The van der Waals surface area contributed by atoms with Gasteiger partial charge in [-0.3, -0.25) is 4.79 Å². The van der Waals surface area contributed by atoms with Gasteiger partial charge in [0.25, 0.3) is 0 Å². The van der Waals surface area contributed by atoms with Crippen LogP contribution < -0.4 is 10.5 Å². The summed E-state index contributed by atoms with van der Waals surface area (Å²) < 4.78 is 28.7. The molecule has 0 aliphatic carbocycles. The number of nitrogens with one attached hydrogen (secondary N) is 1. The molecule has 0 aliphatic rings. The Kier molecular flexibility index (Phi) is 4.27. The molecule has 7 nitrogen and oxygen atoms in total. The maximum Gasteiger partial charge on any atom is 0.248 e. The van der Waals surface area contributed by atoms with Gasteiger partial charge in [-0.15, -0.1) is 0 Å². The molecule has 124 valence electrons. The van der Waals surface area contributed by atoms with Crippen molar-refractivity contribution in [2.24, 2.45) is 5.73 Å². The summed E-state index contributed by atoms with van der Waals surface area (Å²) in [5, 5.41) is 0.557. The number of carbonyl (C=O) groups excluding carboxylic acids is 1. The van der Waals surface area contributed by atoms with Gasteiger partial charge < -0.3 is 10.1 Å². The number of sulfonamides is 1. The monoisotopic (exact) mass is 364 g/mol. The van der Waals surface area contributed by atoms with Gasteiger partial charge in [0.1, 0.15) is 5.65 Å². The largest absolute Gasteiger partial charge is 0.366 e. The first-order chi connectivity index (χ1) is 11.3. The lowest BCUT2D eigenvalue weighted by Crippen LogP contribution is -2.23. The molecule has 3 aromatic rings. The van der Waals surface area contributed by atoms with Gasteiger partial charge in [0.15, 0.2) is 0 Å². The molecule has 2 aromatic heterocycles. The number of pyridine rings is 1. The number of fused-ring (bicyclic) bond motifs is 1. The van der Waals surface area contributed by atoms with Crippen molar-refractivity contribution in [3.63, 3.8) is 0 Å². The average Bonchev–Trinajstić information content (AvgIpc) is 2.95. The zero-order valence-electron chi connectivity index (χ0n) is 12.3. The SMILES string of the molecule is NC(=O)c1ccc(S(=O)(=O)NCc2cn3cc(Cl)ccc3n2)cc1. The van der Waals surface area contributed by atoms with Crippen LogP contribution in [0, 0.1) is 0 Å². The Morgan fingerprint density at radius 1 is 1.17 bits per heavy atom.